The van der Waals surface area contributed by atoms with E-state index in [1.807, 2.05) is 4.90 Å². The molecule has 3 heterocycles. The van der Waals surface area contributed by atoms with Gasteiger partial charge in [0, 0.05) is 36.6 Å². The Morgan fingerprint density at radius 1 is 1.39 bits per heavy atom. The zero-order valence-corrected chi connectivity index (χ0v) is 11.1. The summed E-state index contributed by atoms with van der Waals surface area (Å²) in [7, 11) is 0. The molecule has 98 valence electrons. The molecule has 2 aliphatic rings. The summed E-state index contributed by atoms with van der Waals surface area (Å²) in [6.07, 6.45) is 2.16. The van der Waals surface area contributed by atoms with Crippen LogP contribution in [0.25, 0.3) is 0 Å². The Balaban J connectivity index is 1.66. The summed E-state index contributed by atoms with van der Waals surface area (Å²) in [5.41, 5.74) is 0. The highest BCUT2D eigenvalue weighted by Crippen LogP contribution is 2.31. The third-order valence-electron chi connectivity index (χ3n) is 3.94. The van der Waals surface area contributed by atoms with Gasteiger partial charge in [0.25, 0.3) is 0 Å². The summed E-state index contributed by atoms with van der Waals surface area (Å²) in [6, 6.07) is 4.87. The van der Waals surface area contributed by atoms with Crippen molar-refractivity contribution in [1.29, 1.82) is 0 Å². The summed E-state index contributed by atoms with van der Waals surface area (Å²) in [5.74, 6) is -0.0988. The normalized spacial score (nSPS) is 27.7. The number of aliphatic hydroxyl groups excluding tert-OH is 1. The predicted octanol–water partition coefficient (Wildman–Crippen LogP) is 0.916. The second-order valence-corrected chi connectivity index (χ2v) is 6.15. The zero-order chi connectivity index (χ0) is 12.5. The van der Waals surface area contributed by atoms with E-state index in [2.05, 4.69) is 22.4 Å². The minimum atomic E-state index is -0.349. The van der Waals surface area contributed by atoms with Crippen LogP contribution in [0.1, 0.15) is 17.7 Å². The molecule has 1 amide bonds. The van der Waals surface area contributed by atoms with Gasteiger partial charge in [0.2, 0.25) is 5.91 Å². The van der Waals surface area contributed by atoms with Gasteiger partial charge in [-0.3, -0.25) is 9.69 Å². The molecule has 2 saturated heterocycles. The highest BCUT2D eigenvalue weighted by molar-refractivity contribution is 7.09. The van der Waals surface area contributed by atoms with Crippen LogP contribution in [0, 0.1) is 0 Å². The summed E-state index contributed by atoms with van der Waals surface area (Å²) >= 11 is 1.79. The summed E-state index contributed by atoms with van der Waals surface area (Å²) in [4.78, 5) is 17.5. The molecule has 0 aliphatic carbocycles. The van der Waals surface area contributed by atoms with Crippen molar-refractivity contribution in [3.05, 3.63) is 22.4 Å². The molecule has 1 N–H and O–H groups in total. The van der Waals surface area contributed by atoms with Gasteiger partial charge in [-0.2, -0.15) is 0 Å². The number of amides is 1. The molecule has 3 rings (SSSR count). The minimum Gasteiger partial charge on any atom is -0.387 e. The maximum absolute atomic E-state index is 11.7. The number of carbonyl (C=O) groups is 1. The third kappa shape index (κ3) is 2.18. The Labute approximate surface area is 111 Å². The summed E-state index contributed by atoms with van der Waals surface area (Å²) in [6.45, 7) is 2.53. The Hall–Kier alpha value is -0.910. The van der Waals surface area contributed by atoms with Crippen LogP contribution < -0.4 is 0 Å². The molecule has 2 fully saturated rings. The van der Waals surface area contributed by atoms with E-state index in [1.54, 1.807) is 11.3 Å². The van der Waals surface area contributed by atoms with Crippen LogP contribution >= 0.6 is 11.3 Å². The van der Waals surface area contributed by atoms with Crippen molar-refractivity contribution < 1.29 is 9.90 Å². The first-order valence-corrected chi connectivity index (χ1v) is 7.32. The van der Waals surface area contributed by atoms with E-state index >= 15 is 0 Å². The number of hydrogen-bond acceptors (Lipinski definition) is 4. The lowest BCUT2D eigenvalue weighted by atomic mass is 10.2. The van der Waals surface area contributed by atoms with Crippen LogP contribution in [0.2, 0.25) is 0 Å². The van der Waals surface area contributed by atoms with Crippen LogP contribution in [0.5, 0.6) is 0 Å². The number of likely N-dealkylation sites (tertiary alicyclic amines) is 1. The molecule has 0 saturated carbocycles. The lowest BCUT2D eigenvalue weighted by Crippen LogP contribution is -2.56. The summed E-state index contributed by atoms with van der Waals surface area (Å²) < 4.78 is 0. The van der Waals surface area contributed by atoms with Crippen molar-refractivity contribution in [2.45, 2.75) is 31.5 Å². The fourth-order valence-corrected chi connectivity index (χ4v) is 3.98. The number of rotatable bonds is 3. The van der Waals surface area contributed by atoms with Crippen LogP contribution in [-0.4, -0.2) is 52.6 Å². The van der Waals surface area contributed by atoms with E-state index < -0.39 is 0 Å². The van der Waals surface area contributed by atoms with E-state index in [1.165, 1.54) is 4.88 Å². The number of hydrogen-bond donors (Lipinski definition) is 1. The van der Waals surface area contributed by atoms with Crippen LogP contribution in [0.4, 0.5) is 0 Å². The third-order valence-corrected chi connectivity index (χ3v) is 4.80. The van der Waals surface area contributed by atoms with Gasteiger partial charge in [-0.05, 0) is 24.3 Å². The second kappa shape index (κ2) is 4.99. The SMILES string of the molecule is O=C(CO)N1C2CCC1CN(Cc1cccs1)C2. The molecule has 2 unspecified atom stereocenters. The number of piperazine rings is 1. The van der Waals surface area contributed by atoms with E-state index in [-0.39, 0.29) is 12.5 Å². The van der Waals surface area contributed by atoms with Crippen molar-refractivity contribution in [2.24, 2.45) is 0 Å². The minimum absolute atomic E-state index is 0.0988. The second-order valence-electron chi connectivity index (χ2n) is 5.12. The van der Waals surface area contributed by atoms with Gasteiger partial charge < -0.3 is 10.0 Å². The first kappa shape index (κ1) is 12.1. The fourth-order valence-electron chi connectivity index (χ4n) is 3.23. The van der Waals surface area contributed by atoms with Gasteiger partial charge in [-0.25, -0.2) is 0 Å². The molecule has 18 heavy (non-hydrogen) atoms. The van der Waals surface area contributed by atoms with Gasteiger partial charge in [-0.1, -0.05) is 6.07 Å². The van der Waals surface area contributed by atoms with Crippen molar-refractivity contribution >= 4 is 17.2 Å². The first-order valence-electron chi connectivity index (χ1n) is 6.44. The lowest BCUT2D eigenvalue weighted by Gasteiger charge is -2.40. The number of nitrogens with zero attached hydrogens (tertiary/aromatic N) is 2. The smallest absolute Gasteiger partial charge is 0.248 e. The average molecular weight is 266 g/mol. The van der Waals surface area contributed by atoms with Crippen LogP contribution in [0.15, 0.2) is 17.5 Å². The van der Waals surface area contributed by atoms with E-state index in [0.717, 1.165) is 32.5 Å². The highest BCUT2D eigenvalue weighted by Gasteiger charge is 2.41. The summed E-state index contributed by atoms with van der Waals surface area (Å²) in [5, 5.41) is 11.1. The first-order chi connectivity index (χ1) is 8.78. The Morgan fingerprint density at radius 3 is 2.67 bits per heavy atom. The van der Waals surface area contributed by atoms with E-state index in [0.29, 0.717) is 12.1 Å². The van der Waals surface area contributed by atoms with Gasteiger partial charge in [0.15, 0.2) is 0 Å². The average Bonchev–Trinajstić information content (AvgIpc) is 2.95. The quantitative estimate of drug-likeness (QED) is 0.884. The van der Waals surface area contributed by atoms with Gasteiger partial charge in [0.1, 0.15) is 6.61 Å². The Bertz CT molecular complexity index is 407. The molecule has 5 heteroatoms. The van der Waals surface area contributed by atoms with Gasteiger partial charge >= 0.3 is 0 Å². The monoisotopic (exact) mass is 266 g/mol. The zero-order valence-electron chi connectivity index (χ0n) is 10.3. The molecule has 1 aromatic heterocycles. The van der Waals surface area contributed by atoms with E-state index in [4.69, 9.17) is 5.11 Å². The fraction of sp³-hybridized carbons (Fsp3) is 0.615. The van der Waals surface area contributed by atoms with Crippen molar-refractivity contribution in [3.63, 3.8) is 0 Å². The van der Waals surface area contributed by atoms with Gasteiger partial charge in [0.05, 0.1) is 0 Å². The molecular weight excluding hydrogens is 248 g/mol. The molecular formula is C13H18N2O2S. The van der Waals surface area contributed by atoms with Crippen molar-refractivity contribution in [3.8, 4) is 0 Å². The highest BCUT2D eigenvalue weighted by atomic mass is 32.1. The predicted molar refractivity (Wildman–Crippen MR) is 70.3 cm³/mol. The molecule has 0 aromatic carbocycles. The largest absolute Gasteiger partial charge is 0.387 e. The maximum Gasteiger partial charge on any atom is 0.248 e. The molecule has 4 nitrogen and oxygen atoms in total. The topological polar surface area (TPSA) is 43.8 Å². The van der Waals surface area contributed by atoms with Crippen molar-refractivity contribution in [2.75, 3.05) is 19.7 Å². The molecule has 0 spiro atoms. The molecule has 2 atom stereocenters. The number of thiophene rings is 1. The molecule has 1 aromatic rings. The van der Waals surface area contributed by atoms with Gasteiger partial charge in [-0.15, -0.1) is 11.3 Å². The molecule has 0 radical (unpaired) electrons. The van der Waals surface area contributed by atoms with E-state index in [9.17, 15) is 4.79 Å². The molecule has 2 aliphatic heterocycles. The lowest BCUT2D eigenvalue weighted by molar-refractivity contribution is -0.140. The molecule has 2 bridgehead atoms. The number of carbonyl (C=O) groups excluding carboxylic acids is 1. The van der Waals surface area contributed by atoms with Crippen LogP contribution in [-0.2, 0) is 11.3 Å². The standard InChI is InChI=1S/C13H18N2O2S/c16-9-13(17)15-10-3-4-11(15)7-14(6-10)8-12-2-1-5-18-12/h1-2,5,10-11,16H,3-4,6-9H2. The Kier molecular flexibility index (Phi) is 3.37. The number of fused-ring (bicyclic) bond motifs is 2. The van der Waals surface area contributed by atoms with Crippen LogP contribution in [0.3, 0.4) is 0 Å². The number of aliphatic hydroxyl groups is 1. The Morgan fingerprint density at radius 2 is 2.11 bits per heavy atom. The maximum atomic E-state index is 11.7. The van der Waals surface area contributed by atoms with Crippen molar-refractivity contribution in [1.82, 2.24) is 9.80 Å².